The summed E-state index contributed by atoms with van der Waals surface area (Å²) >= 11 is 3.18. The largest absolute Gasteiger partial charge is 0.494 e. The topological polar surface area (TPSA) is 89.6 Å². The Morgan fingerprint density at radius 1 is 0.950 bits per heavy atom. The number of aromatic nitrogens is 2. The van der Waals surface area contributed by atoms with Gasteiger partial charge < -0.3 is 30.3 Å². The summed E-state index contributed by atoms with van der Waals surface area (Å²) in [6.45, 7) is 6.66. The number of anilines is 6. The second-order valence-electron chi connectivity index (χ2n) is 10.0. The highest BCUT2D eigenvalue weighted by molar-refractivity contribution is 7.99. The van der Waals surface area contributed by atoms with Crippen LogP contribution < -0.4 is 30.3 Å². The van der Waals surface area contributed by atoms with E-state index >= 15 is 0 Å². The zero-order valence-electron chi connectivity index (χ0n) is 22.9. The first-order valence-corrected chi connectivity index (χ1v) is 15.9. The van der Waals surface area contributed by atoms with Gasteiger partial charge in [-0.3, -0.25) is 4.90 Å². The molecule has 0 aliphatic carbocycles. The van der Waals surface area contributed by atoms with Crippen molar-refractivity contribution >= 4 is 68.0 Å². The molecule has 9 nitrogen and oxygen atoms in total. The maximum Gasteiger partial charge on any atom is 0.229 e. The van der Waals surface area contributed by atoms with Gasteiger partial charge in [0.1, 0.15) is 5.75 Å². The lowest BCUT2D eigenvalue weighted by Crippen LogP contribution is -2.52. The van der Waals surface area contributed by atoms with E-state index in [0.29, 0.717) is 12.0 Å². The van der Waals surface area contributed by atoms with Gasteiger partial charge in [-0.2, -0.15) is 4.98 Å². The van der Waals surface area contributed by atoms with E-state index in [-0.39, 0.29) is 0 Å². The molecule has 0 unspecified atom stereocenters. The van der Waals surface area contributed by atoms with Crippen LogP contribution in [0.2, 0.25) is 0 Å². The van der Waals surface area contributed by atoms with Gasteiger partial charge in [0.2, 0.25) is 5.95 Å². The first-order valence-electron chi connectivity index (χ1n) is 13.8. The lowest BCUT2D eigenvalue weighted by Gasteiger charge is -2.41. The third-order valence-electron chi connectivity index (χ3n) is 7.62. The van der Waals surface area contributed by atoms with Gasteiger partial charge in [0.05, 0.1) is 34.4 Å². The van der Waals surface area contributed by atoms with Crippen molar-refractivity contribution < 1.29 is 4.74 Å². The molecule has 2 aromatic carbocycles. The number of hydrogen-bond donors (Lipinski definition) is 4. The van der Waals surface area contributed by atoms with Gasteiger partial charge in [0, 0.05) is 63.3 Å². The third kappa shape index (κ3) is 5.92. The summed E-state index contributed by atoms with van der Waals surface area (Å²) in [6.07, 6.45) is 4.40. The van der Waals surface area contributed by atoms with Crippen molar-refractivity contribution in [2.75, 3.05) is 72.9 Å². The first kappa shape index (κ1) is 26.9. The Kier molecular flexibility index (Phi) is 8.43. The highest BCUT2D eigenvalue weighted by Gasteiger charge is 2.26. The molecule has 0 radical (unpaired) electrons. The molecule has 4 heterocycles. The van der Waals surface area contributed by atoms with E-state index in [0.717, 1.165) is 78.1 Å². The third-order valence-corrected chi connectivity index (χ3v) is 8.96. The van der Waals surface area contributed by atoms with Crippen LogP contribution in [0.3, 0.4) is 0 Å². The fourth-order valence-electron chi connectivity index (χ4n) is 5.56. The summed E-state index contributed by atoms with van der Waals surface area (Å²) in [4.78, 5) is 14.8. The van der Waals surface area contributed by atoms with Crippen LogP contribution in [0.15, 0.2) is 53.9 Å². The number of benzene rings is 2. The molecule has 0 amide bonds. The van der Waals surface area contributed by atoms with Gasteiger partial charge in [-0.1, -0.05) is 24.1 Å². The molecule has 2 aromatic heterocycles. The van der Waals surface area contributed by atoms with E-state index < -0.39 is 0 Å². The molecule has 2 fully saturated rings. The Morgan fingerprint density at radius 3 is 2.52 bits per heavy atom. The number of para-hydroxylation sites is 2. The number of fused-ring (bicyclic) bond motifs is 1. The van der Waals surface area contributed by atoms with Crippen LogP contribution >= 0.6 is 23.3 Å². The van der Waals surface area contributed by atoms with E-state index in [9.17, 15) is 0 Å². The van der Waals surface area contributed by atoms with Crippen molar-refractivity contribution in [3.8, 4) is 5.75 Å². The summed E-state index contributed by atoms with van der Waals surface area (Å²) in [5, 5.41) is 12.4. The number of methoxy groups -OCH3 is 1. The van der Waals surface area contributed by atoms with Crippen LogP contribution in [0.5, 0.6) is 5.75 Å². The highest BCUT2D eigenvalue weighted by Crippen LogP contribution is 2.36. The fourth-order valence-corrected chi connectivity index (χ4v) is 6.73. The SMILES string of the molecule is COc1cc(N2CCC(N3CCNCC3)CC2)ccc1Nc1nc(Nc2ccccc2NSC)c2sccc2n1. The zero-order chi connectivity index (χ0) is 27.3. The van der Waals surface area contributed by atoms with Crippen molar-refractivity contribution in [1.82, 2.24) is 20.2 Å². The van der Waals surface area contributed by atoms with Crippen LogP contribution in [0.1, 0.15) is 12.8 Å². The molecule has 4 N–H and O–H groups in total. The quantitative estimate of drug-likeness (QED) is 0.185. The normalized spacial score (nSPS) is 16.7. The first-order chi connectivity index (χ1) is 19.7. The Hall–Kier alpha value is -3.25. The van der Waals surface area contributed by atoms with E-state index in [2.05, 4.69) is 48.7 Å². The molecule has 6 rings (SSSR count). The predicted octanol–water partition coefficient (Wildman–Crippen LogP) is 5.75. The highest BCUT2D eigenvalue weighted by atomic mass is 32.2. The molecular formula is C29H36N8OS2. The molecule has 2 aliphatic heterocycles. The van der Waals surface area contributed by atoms with E-state index in [4.69, 9.17) is 14.7 Å². The maximum absolute atomic E-state index is 5.82. The molecule has 0 bridgehead atoms. The van der Waals surface area contributed by atoms with Crippen LogP contribution in [0, 0.1) is 0 Å². The number of piperazine rings is 1. The van der Waals surface area contributed by atoms with E-state index in [1.165, 1.54) is 18.5 Å². The Balaban J connectivity index is 1.19. The molecule has 4 aromatic rings. The second kappa shape index (κ2) is 12.5. The van der Waals surface area contributed by atoms with E-state index in [1.54, 1.807) is 30.4 Å². The molecule has 40 heavy (non-hydrogen) atoms. The Bertz CT molecular complexity index is 1430. The van der Waals surface area contributed by atoms with Crippen molar-refractivity contribution in [3.05, 3.63) is 53.9 Å². The van der Waals surface area contributed by atoms with Gasteiger partial charge in [-0.15, -0.1) is 11.3 Å². The second-order valence-corrected chi connectivity index (χ2v) is 11.5. The maximum atomic E-state index is 5.82. The average Bonchev–Trinajstić information content (AvgIpc) is 3.48. The van der Waals surface area contributed by atoms with Crippen molar-refractivity contribution in [2.24, 2.45) is 0 Å². The number of nitrogens with one attached hydrogen (secondary N) is 4. The van der Waals surface area contributed by atoms with Gasteiger partial charge in [-0.05, 0) is 48.6 Å². The van der Waals surface area contributed by atoms with Gasteiger partial charge in [-0.25, -0.2) is 4.98 Å². The number of ether oxygens (including phenoxy) is 1. The van der Waals surface area contributed by atoms with Crippen molar-refractivity contribution in [2.45, 2.75) is 18.9 Å². The summed E-state index contributed by atoms with van der Waals surface area (Å²) in [5.74, 6) is 2.06. The summed E-state index contributed by atoms with van der Waals surface area (Å²) in [7, 11) is 1.71. The molecule has 2 aliphatic rings. The number of thiophene rings is 1. The van der Waals surface area contributed by atoms with Crippen LogP contribution in [0.4, 0.5) is 34.5 Å². The summed E-state index contributed by atoms with van der Waals surface area (Å²) in [6, 6.07) is 17.2. The monoisotopic (exact) mass is 576 g/mol. The summed E-state index contributed by atoms with van der Waals surface area (Å²) in [5.41, 5.74) is 4.88. The molecule has 0 spiro atoms. The predicted molar refractivity (Wildman–Crippen MR) is 170 cm³/mol. The lowest BCUT2D eigenvalue weighted by atomic mass is 10.0. The van der Waals surface area contributed by atoms with Crippen molar-refractivity contribution in [1.29, 1.82) is 0 Å². The van der Waals surface area contributed by atoms with Gasteiger partial charge in [0.25, 0.3) is 0 Å². The minimum absolute atomic E-state index is 0.520. The molecule has 210 valence electrons. The van der Waals surface area contributed by atoms with Crippen molar-refractivity contribution in [3.63, 3.8) is 0 Å². The zero-order valence-corrected chi connectivity index (χ0v) is 24.6. The molecule has 0 atom stereocenters. The Morgan fingerprint density at radius 2 is 1.75 bits per heavy atom. The molecule has 0 saturated carbocycles. The fraction of sp³-hybridized carbons (Fsp3) is 0.379. The van der Waals surface area contributed by atoms with Gasteiger partial charge in [0.15, 0.2) is 5.82 Å². The standard InChI is InChI=1S/C29H36N8OS2/c1-38-26-19-21(36-14-9-20(10-15-36)37-16-12-30-13-17-37)7-8-24(26)32-29-33-25-11-18-40-27(25)28(34-29)31-22-5-3-4-6-23(22)35-39-2/h3-8,11,18-20,30,35H,9-10,12-17H2,1-2H3,(H2,31,32,33,34). The summed E-state index contributed by atoms with van der Waals surface area (Å²) < 4.78 is 10.2. The average molecular weight is 577 g/mol. The lowest BCUT2D eigenvalue weighted by molar-refractivity contribution is 0.150. The molecular weight excluding hydrogens is 541 g/mol. The van der Waals surface area contributed by atoms with E-state index in [1.807, 2.05) is 42.0 Å². The number of nitrogens with zero attached hydrogens (tertiary/aromatic N) is 4. The molecule has 11 heteroatoms. The smallest absolute Gasteiger partial charge is 0.229 e. The number of rotatable bonds is 9. The van der Waals surface area contributed by atoms with Crippen LogP contribution in [-0.2, 0) is 0 Å². The number of hydrogen-bond acceptors (Lipinski definition) is 11. The van der Waals surface area contributed by atoms with Gasteiger partial charge >= 0.3 is 0 Å². The number of piperidine rings is 1. The Labute approximate surface area is 243 Å². The molecule has 2 saturated heterocycles. The minimum Gasteiger partial charge on any atom is -0.494 e. The van der Waals surface area contributed by atoms with Crippen LogP contribution in [0.25, 0.3) is 10.2 Å². The van der Waals surface area contributed by atoms with Crippen LogP contribution in [-0.4, -0.2) is 73.5 Å². The minimum atomic E-state index is 0.520.